The zero-order chi connectivity index (χ0) is 16.4. The van der Waals surface area contributed by atoms with Crippen LogP contribution in [-0.2, 0) is 14.5 Å². The van der Waals surface area contributed by atoms with Gasteiger partial charge in [-0.3, -0.25) is 4.72 Å². The number of hydrogen-bond acceptors (Lipinski definition) is 2. The van der Waals surface area contributed by atoms with Crippen LogP contribution in [0.3, 0.4) is 0 Å². The molecule has 5 heteroatoms. The molecule has 0 atom stereocenters. The minimum atomic E-state index is -3.45. The molecule has 0 amide bonds. The van der Waals surface area contributed by atoms with Crippen LogP contribution < -0.4 is 4.72 Å². The highest BCUT2D eigenvalue weighted by atomic mass is 127. The van der Waals surface area contributed by atoms with Crippen molar-refractivity contribution < 1.29 is 8.42 Å². The molecular weight excluding hydrogens is 409 g/mol. The van der Waals surface area contributed by atoms with E-state index in [1.165, 1.54) is 5.56 Å². The number of nitrogens with one attached hydrogen (secondary N) is 1. The predicted octanol–water partition coefficient (Wildman–Crippen LogP) is 4.83. The van der Waals surface area contributed by atoms with Gasteiger partial charge in [-0.2, -0.15) is 0 Å². The number of hydrogen-bond donors (Lipinski definition) is 1. The second-order valence-electron chi connectivity index (χ2n) is 6.09. The number of para-hydroxylation sites is 1. The van der Waals surface area contributed by atoms with Gasteiger partial charge in [0.05, 0.1) is 10.4 Å². The minimum Gasteiger partial charge on any atom is -0.282 e. The number of benzene rings is 2. The van der Waals surface area contributed by atoms with Gasteiger partial charge in [-0.15, -0.1) is 0 Å². The molecule has 0 aliphatic heterocycles. The lowest BCUT2D eigenvalue weighted by Gasteiger charge is -2.22. The van der Waals surface area contributed by atoms with Crippen LogP contribution in [0.4, 0.5) is 5.69 Å². The Morgan fingerprint density at radius 3 is 2.14 bits per heavy atom. The number of sulfonamides is 1. The third-order valence-corrected chi connectivity index (χ3v) is 6.38. The van der Waals surface area contributed by atoms with Gasteiger partial charge in [-0.05, 0) is 38.0 Å². The molecule has 0 fully saturated rings. The van der Waals surface area contributed by atoms with E-state index < -0.39 is 14.8 Å². The molecular formula is C17H20INO2S. The lowest BCUT2D eigenvalue weighted by molar-refractivity contribution is 0.566. The molecule has 0 aliphatic rings. The van der Waals surface area contributed by atoms with Crippen molar-refractivity contribution >= 4 is 38.3 Å². The first-order chi connectivity index (χ1) is 10.2. The summed E-state index contributed by atoms with van der Waals surface area (Å²) < 4.78 is 27.6. The molecule has 118 valence electrons. The molecule has 1 N–H and O–H groups in total. The first-order valence-corrected chi connectivity index (χ1v) is 10.0. The van der Waals surface area contributed by atoms with Crippen LogP contribution in [0.15, 0.2) is 48.5 Å². The maximum atomic E-state index is 12.4. The topological polar surface area (TPSA) is 46.2 Å². The van der Waals surface area contributed by atoms with E-state index in [9.17, 15) is 8.42 Å². The monoisotopic (exact) mass is 429 g/mol. The number of anilines is 1. The lowest BCUT2D eigenvalue weighted by Crippen LogP contribution is -2.33. The van der Waals surface area contributed by atoms with E-state index in [1.54, 1.807) is 26.8 Å². The summed E-state index contributed by atoms with van der Waals surface area (Å²) in [5.41, 5.74) is 3.74. The van der Waals surface area contributed by atoms with Gasteiger partial charge < -0.3 is 0 Å². The van der Waals surface area contributed by atoms with E-state index in [1.807, 2.05) is 30.3 Å². The van der Waals surface area contributed by atoms with Crippen molar-refractivity contribution in [1.29, 1.82) is 0 Å². The Morgan fingerprint density at radius 1 is 1.00 bits per heavy atom. The number of halogens is 1. The molecule has 0 spiro atoms. The fraction of sp³-hybridized carbons (Fsp3) is 0.294. The molecule has 22 heavy (non-hydrogen) atoms. The second-order valence-corrected chi connectivity index (χ2v) is 9.29. The van der Waals surface area contributed by atoms with Crippen molar-refractivity contribution in [2.24, 2.45) is 0 Å². The average molecular weight is 429 g/mol. The van der Waals surface area contributed by atoms with E-state index in [0.717, 1.165) is 15.6 Å². The van der Waals surface area contributed by atoms with Crippen LogP contribution in [-0.4, -0.2) is 13.2 Å². The third kappa shape index (κ3) is 3.81. The third-order valence-electron chi connectivity index (χ3n) is 3.40. The molecule has 0 aliphatic carbocycles. The predicted molar refractivity (Wildman–Crippen MR) is 102 cm³/mol. The van der Waals surface area contributed by atoms with Gasteiger partial charge in [-0.25, -0.2) is 8.42 Å². The first-order valence-electron chi connectivity index (χ1n) is 7.01. The van der Waals surface area contributed by atoms with Crippen LogP contribution in [0.1, 0.15) is 26.3 Å². The lowest BCUT2D eigenvalue weighted by atomic mass is 10.0. The van der Waals surface area contributed by atoms with Gasteiger partial charge in [-0.1, -0.05) is 65.1 Å². The maximum absolute atomic E-state index is 12.4. The Bertz CT molecular complexity index is 747. The van der Waals surface area contributed by atoms with Gasteiger partial charge in [0.15, 0.2) is 0 Å². The van der Waals surface area contributed by atoms with E-state index in [2.05, 4.69) is 39.4 Å². The Balaban J connectivity index is 2.43. The average Bonchev–Trinajstić information content (AvgIpc) is 2.46. The first kappa shape index (κ1) is 17.3. The summed E-state index contributed by atoms with van der Waals surface area (Å²) >= 11 is 2.32. The smallest absolute Gasteiger partial charge is 0.237 e. The van der Waals surface area contributed by atoms with Gasteiger partial charge in [0, 0.05) is 9.99 Å². The van der Waals surface area contributed by atoms with Crippen LogP contribution in [0.5, 0.6) is 0 Å². The fourth-order valence-electron chi connectivity index (χ4n) is 1.90. The SMILES string of the molecule is CC(C)(C)S(=O)(=O)Nc1ccccc1-c1ccc(CI)cc1. The Hall–Kier alpha value is -1.08. The van der Waals surface area contributed by atoms with E-state index in [-0.39, 0.29) is 0 Å². The van der Waals surface area contributed by atoms with E-state index >= 15 is 0 Å². The number of alkyl halides is 1. The van der Waals surface area contributed by atoms with Gasteiger partial charge in [0.25, 0.3) is 0 Å². The number of rotatable bonds is 4. The normalized spacial score (nSPS) is 12.2. The summed E-state index contributed by atoms with van der Waals surface area (Å²) in [4.78, 5) is 0. The van der Waals surface area contributed by atoms with Crippen LogP contribution in [0.2, 0.25) is 0 Å². The summed E-state index contributed by atoms with van der Waals surface area (Å²) in [7, 11) is -3.45. The largest absolute Gasteiger partial charge is 0.282 e. The highest BCUT2D eigenvalue weighted by molar-refractivity contribution is 14.1. The van der Waals surface area contributed by atoms with Crippen molar-refractivity contribution in [3.63, 3.8) is 0 Å². The molecule has 0 bridgehead atoms. The second kappa shape index (κ2) is 6.58. The summed E-state index contributed by atoms with van der Waals surface area (Å²) in [5, 5.41) is 0. The Labute approximate surface area is 146 Å². The van der Waals surface area contributed by atoms with Gasteiger partial charge in [0.1, 0.15) is 0 Å². The molecule has 0 saturated carbocycles. The minimum absolute atomic E-state index is 0.611. The van der Waals surface area contributed by atoms with E-state index in [0.29, 0.717) is 5.69 Å². The Kier molecular flexibility index (Phi) is 5.17. The zero-order valence-corrected chi connectivity index (χ0v) is 15.9. The van der Waals surface area contributed by atoms with E-state index in [4.69, 9.17) is 0 Å². The molecule has 0 heterocycles. The van der Waals surface area contributed by atoms with Crippen molar-refractivity contribution in [2.75, 3.05) is 4.72 Å². The molecule has 2 aromatic carbocycles. The summed E-state index contributed by atoms with van der Waals surface area (Å²) in [5.74, 6) is 0. The Morgan fingerprint density at radius 2 is 1.59 bits per heavy atom. The molecule has 3 nitrogen and oxygen atoms in total. The molecule has 0 radical (unpaired) electrons. The summed E-state index contributed by atoms with van der Waals surface area (Å²) in [6.45, 7) is 5.06. The fourth-order valence-corrected chi connectivity index (χ4v) is 3.18. The van der Waals surface area contributed by atoms with Gasteiger partial charge in [0.2, 0.25) is 10.0 Å². The van der Waals surface area contributed by atoms with Crippen molar-refractivity contribution in [1.82, 2.24) is 0 Å². The summed E-state index contributed by atoms with van der Waals surface area (Å²) in [6.07, 6.45) is 0. The van der Waals surface area contributed by atoms with Crippen LogP contribution >= 0.6 is 22.6 Å². The molecule has 2 aromatic rings. The molecule has 0 unspecified atom stereocenters. The maximum Gasteiger partial charge on any atom is 0.237 e. The molecule has 0 aromatic heterocycles. The summed E-state index contributed by atoms with van der Waals surface area (Å²) in [6, 6.07) is 15.7. The van der Waals surface area contributed by atoms with Gasteiger partial charge >= 0.3 is 0 Å². The zero-order valence-electron chi connectivity index (χ0n) is 12.9. The highest BCUT2D eigenvalue weighted by Gasteiger charge is 2.29. The van der Waals surface area contributed by atoms with Crippen molar-refractivity contribution in [3.05, 3.63) is 54.1 Å². The quantitative estimate of drug-likeness (QED) is 0.559. The standard InChI is InChI=1S/C17H20INO2S/c1-17(2,3)22(20,21)19-16-7-5-4-6-15(16)14-10-8-13(12-18)9-11-14/h4-11,19H,12H2,1-3H3. The molecule has 0 saturated heterocycles. The van der Waals surface area contributed by atoms with Crippen molar-refractivity contribution in [3.8, 4) is 11.1 Å². The van der Waals surface area contributed by atoms with Crippen LogP contribution in [0, 0.1) is 0 Å². The highest BCUT2D eigenvalue weighted by Crippen LogP contribution is 2.30. The van der Waals surface area contributed by atoms with Crippen LogP contribution in [0.25, 0.3) is 11.1 Å². The van der Waals surface area contributed by atoms with Crippen molar-refractivity contribution in [2.45, 2.75) is 29.9 Å². The molecule has 2 rings (SSSR count).